The SMILES string of the molecule is CCNCCCNc1ccc(OC)cn1. The van der Waals surface area contributed by atoms with Crippen LogP contribution in [0, 0.1) is 0 Å². The van der Waals surface area contributed by atoms with Crippen molar-refractivity contribution in [3.05, 3.63) is 18.3 Å². The first-order chi connectivity index (χ1) is 7.36. The van der Waals surface area contributed by atoms with E-state index in [2.05, 4.69) is 22.5 Å². The molecular weight excluding hydrogens is 190 g/mol. The van der Waals surface area contributed by atoms with Crippen molar-refractivity contribution in [1.29, 1.82) is 0 Å². The standard InChI is InChI=1S/C11H19N3O/c1-3-12-7-4-8-13-11-6-5-10(15-2)9-14-11/h5-6,9,12H,3-4,7-8H2,1-2H3,(H,13,14). The van der Waals surface area contributed by atoms with E-state index in [0.29, 0.717) is 0 Å². The van der Waals surface area contributed by atoms with Crippen molar-refractivity contribution >= 4 is 5.82 Å². The Bertz CT molecular complexity index is 261. The number of rotatable bonds is 7. The van der Waals surface area contributed by atoms with Crippen LogP contribution in [0.2, 0.25) is 0 Å². The van der Waals surface area contributed by atoms with Crippen LogP contribution in [0.3, 0.4) is 0 Å². The lowest BCUT2D eigenvalue weighted by Gasteiger charge is -2.06. The molecule has 84 valence electrons. The first kappa shape index (κ1) is 11.8. The highest BCUT2D eigenvalue weighted by Gasteiger charge is 1.94. The third-order valence-electron chi connectivity index (χ3n) is 2.06. The molecule has 1 heterocycles. The average Bonchev–Trinajstić information content (AvgIpc) is 2.30. The Labute approximate surface area is 91.1 Å². The van der Waals surface area contributed by atoms with Gasteiger partial charge in [-0.1, -0.05) is 6.92 Å². The van der Waals surface area contributed by atoms with Gasteiger partial charge >= 0.3 is 0 Å². The van der Waals surface area contributed by atoms with Crippen LogP contribution in [0.5, 0.6) is 5.75 Å². The number of hydrogen-bond acceptors (Lipinski definition) is 4. The number of methoxy groups -OCH3 is 1. The lowest BCUT2D eigenvalue weighted by molar-refractivity contribution is 0.413. The summed E-state index contributed by atoms with van der Waals surface area (Å²) in [6.45, 7) is 5.12. The van der Waals surface area contributed by atoms with Crippen molar-refractivity contribution < 1.29 is 4.74 Å². The van der Waals surface area contributed by atoms with Gasteiger partial charge in [0.2, 0.25) is 0 Å². The van der Waals surface area contributed by atoms with Crippen molar-refractivity contribution in [2.75, 3.05) is 32.1 Å². The maximum atomic E-state index is 5.03. The minimum atomic E-state index is 0.785. The number of hydrogen-bond donors (Lipinski definition) is 2. The van der Waals surface area contributed by atoms with Gasteiger partial charge in [-0.2, -0.15) is 0 Å². The second kappa shape index (κ2) is 7.06. The van der Waals surface area contributed by atoms with E-state index in [0.717, 1.165) is 37.6 Å². The first-order valence-corrected chi connectivity index (χ1v) is 5.31. The number of nitrogens with zero attached hydrogens (tertiary/aromatic N) is 1. The van der Waals surface area contributed by atoms with Gasteiger partial charge in [-0.05, 0) is 31.6 Å². The molecule has 2 N–H and O–H groups in total. The van der Waals surface area contributed by atoms with Gasteiger partial charge in [0, 0.05) is 6.54 Å². The largest absolute Gasteiger partial charge is 0.495 e. The third kappa shape index (κ3) is 4.65. The summed E-state index contributed by atoms with van der Waals surface area (Å²) >= 11 is 0. The van der Waals surface area contributed by atoms with Crippen molar-refractivity contribution in [2.45, 2.75) is 13.3 Å². The molecule has 0 saturated carbocycles. The molecule has 0 bridgehead atoms. The molecule has 15 heavy (non-hydrogen) atoms. The Morgan fingerprint density at radius 1 is 1.33 bits per heavy atom. The summed E-state index contributed by atoms with van der Waals surface area (Å²) in [6, 6.07) is 3.83. The lowest BCUT2D eigenvalue weighted by atomic mass is 10.4. The van der Waals surface area contributed by atoms with Crippen LogP contribution in [0.15, 0.2) is 18.3 Å². The molecule has 1 aromatic rings. The molecule has 0 radical (unpaired) electrons. The Kier molecular flexibility index (Phi) is 5.55. The number of anilines is 1. The van der Waals surface area contributed by atoms with Crippen molar-refractivity contribution in [3.63, 3.8) is 0 Å². The van der Waals surface area contributed by atoms with E-state index in [-0.39, 0.29) is 0 Å². The first-order valence-electron chi connectivity index (χ1n) is 5.31. The van der Waals surface area contributed by atoms with E-state index in [9.17, 15) is 0 Å². The molecule has 0 aliphatic heterocycles. The fourth-order valence-electron chi connectivity index (χ4n) is 1.21. The second-order valence-electron chi connectivity index (χ2n) is 3.22. The molecule has 0 atom stereocenters. The Morgan fingerprint density at radius 2 is 2.20 bits per heavy atom. The molecule has 0 unspecified atom stereocenters. The van der Waals surface area contributed by atoms with Crippen molar-refractivity contribution in [3.8, 4) is 5.75 Å². The zero-order valence-corrected chi connectivity index (χ0v) is 9.42. The molecule has 0 saturated heterocycles. The normalized spacial score (nSPS) is 10.0. The fraction of sp³-hybridized carbons (Fsp3) is 0.545. The fourth-order valence-corrected chi connectivity index (χ4v) is 1.21. The highest BCUT2D eigenvalue weighted by Crippen LogP contribution is 2.10. The molecule has 4 nitrogen and oxygen atoms in total. The summed E-state index contributed by atoms with van der Waals surface area (Å²) in [7, 11) is 1.64. The van der Waals surface area contributed by atoms with E-state index in [1.54, 1.807) is 13.3 Å². The Hall–Kier alpha value is -1.29. The molecule has 0 aliphatic rings. The summed E-state index contributed by atoms with van der Waals surface area (Å²) in [6.07, 6.45) is 2.81. The van der Waals surface area contributed by atoms with E-state index < -0.39 is 0 Å². The molecule has 0 amide bonds. The van der Waals surface area contributed by atoms with E-state index >= 15 is 0 Å². The van der Waals surface area contributed by atoms with E-state index in [4.69, 9.17) is 4.74 Å². The molecule has 0 aliphatic carbocycles. The highest BCUT2D eigenvalue weighted by atomic mass is 16.5. The summed E-state index contributed by atoms with van der Waals surface area (Å²) in [5.74, 6) is 1.68. The van der Waals surface area contributed by atoms with E-state index in [1.165, 1.54) is 0 Å². The van der Waals surface area contributed by atoms with Crippen molar-refractivity contribution in [2.24, 2.45) is 0 Å². The average molecular weight is 209 g/mol. The zero-order valence-electron chi connectivity index (χ0n) is 9.42. The number of aromatic nitrogens is 1. The second-order valence-corrected chi connectivity index (χ2v) is 3.22. The summed E-state index contributed by atoms with van der Waals surface area (Å²) in [4.78, 5) is 4.21. The zero-order chi connectivity index (χ0) is 10.9. The van der Waals surface area contributed by atoms with Crippen LogP contribution >= 0.6 is 0 Å². The molecule has 0 spiro atoms. The van der Waals surface area contributed by atoms with Gasteiger partial charge in [0.15, 0.2) is 0 Å². The smallest absolute Gasteiger partial charge is 0.137 e. The maximum Gasteiger partial charge on any atom is 0.137 e. The van der Waals surface area contributed by atoms with Gasteiger partial charge in [-0.15, -0.1) is 0 Å². The van der Waals surface area contributed by atoms with Gasteiger partial charge in [0.1, 0.15) is 11.6 Å². The molecule has 0 aromatic carbocycles. The van der Waals surface area contributed by atoms with Crippen LogP contribution < -0.4 is 15.4 Å². The topological polar surface area (TPSA) is 46.2 Å². The van der Waals surface area contributed by atoms with Gasteiger partial charge < -0.3 is 15.4 Å². The van der Waals surface area contributed by atoms with Gasteiger partial charge in [-0.25, -0.2) is 4.98 Å². The molecule has 4 heteroatoms. The van der Waals surface area contributed by atoms with Crippen molar-refractivity contribution in [1.82, 2.24) is 10.3 Å². The van der Waals surface area contributed by atoms with Crippen LogP contribution in [-0.2, 0) is 0 Å². The summed E-state index contributed by atoms with van der Waals surface area (Å²) < 4.78 is 5.03. The monoisotopic (exact) mass is 209 g/mol. The number of ether oxygens (including phenoxy) is 1. The third-order valence-corrected chi connectivity index (χ3v) is 2.06. The van der Waals surface area contributed by atoms with Crippen LogP contribution in [0.25, 0.3) is 0 Å². The number of nitrogens with one attached hydrogen (secondary N) is 2. The Morgan fingerprint density at radius 3 is 2.80 bits per heavy atom. The maximum absolute atomic E-state index is 5.03. The van der Waals surface area contributed by atoms with Crippen LogP contribution in [0.1, 0.15) is 13.3 Å². The minimum Gasteiger partial charge on any atom is -0.495 e. The van der Waals surface area contributed by atoms with Gasteiger partial charge in [-0.3, -0.25) is 0 Å². The molecule has 0 fully saturated rings. The predicted molar refractivity (Wildman–Crippen MR) is 62.4 cm³/mol. The number of pyridine rings is 1. The molecule has 1 aromatic heterocycles. The Balaban J connectivity index is 2.20. The van der Waals surface area contributed by atoms with Crippen LogP contribution in [0.4, 0.5) is 5.82 Å². The lowest BCUT2D eigenvalue weighted by Crippen LogP contribution is -2.17. The van der Waals surface area contributed by atoms with E-state index in [1.807, 2.05) is 12.1 Å². The quantitative estimate of drug-likeness (QED) is 0.668. The van der Waals surface area contributed by atoms with Gasteiger partial charge in [0.25, 0.3) is 0 Å². The minimum absolute atomic E-state index is 0.785. The molecular formula is C11H19N3O. The summed E-state index contributed by atoms with van der Waals surface area (Å²) in [5, 5.41) is 6.52. The predicted octanol–water partition coefficient (Wildman–Crippen LogP) is 1.50. The molecule has 1 rings (SSSR count). The highest BCUT2D eigenvalue weighted by molar-refractivity contribution is 5.37. The summed E-state index contributed by atoms with van der Waals surface area (Å²) in [5.41, 5.74) is 0. The van der Waals surface area contributed by atoms with Gasteiger partial charge in [0.05, 0.1) is 13.3 Å². The van der Waals surface area contributed by atoms with Crippen LogP contribution in [-0.4, -0.2) is 31.7 Å².